The predicted octanol–water partition coefficient (Wildman–Crippen LogP) is 1.09. The van der Waals surface area contributed by atoms with Crippen LogP contribution in [0.2, 0.25) is 0 Å². The molecule has 2 unspecified atom stereocenters. The largest absolute Gasteiger partial charge is 0.393 e. The summed E-state index contributed by atoms with van der Waals surface area (Å²) in [6.07, 6.45) is 3.15. The van der Waals surface area contributed by atoms with Crippen molar-refractivity contribution in [3.05, 3.63) is 23.8 Å². The van der Waals surface area contributed by atoms with E-state index in [0.717, 1.165) is 18.4 Å². The number of piperidine rings is 1. The zero-order valence-electron chi connectivity index (χ0n) is 11.0. The summed E-state index contributed by atoms with van der Waals surface area (Å²) in [4.78, 5) is 14.7. The van der Waals surface area contributed by atoms with Crippen molar-refractivity contribution in [1.29, 1.82) is 0 Å². The number of aromatic nitrogens is 3. The van der Waals surface area contributed by atoms with Crippen molar-refractivity contribution in [1.82, 2.24) is 20.3 Å². The summed E-state index contributed by atoms with van der Waals surface area (Å²) >= 11 is 0. The molecule has 2 fully saturated rings. The lowest BCUT2D eigenvalue weighted by molar-refractivity contribution is 0.0287. The van der Waals surface area contributed by atoms with Gasteiger partial charge >= 0.3 is 0 Å². The second-order valence-electron chi connectivity index (χ2n) is 5.75. The third kappa shape index (κ3) is 1.71. The Bertz CT molecular complexity index is 654. The Balaban J connectivity index is 1.66. The number of fused-ring (bicyclic) bond motifs is 3. The Morgan fingerprint density at radius 3 is 2.65 bits per heavy atom. The molecule has 0 spiro atoms. The SMILES string of the molecule is O=C(c1ccc2n[nH]nc2c1)N1C2CCC1CC(O)C2. The Morgan fingerprint density at radius 2 is 1.90 bits per heavy atom. The van der Waals surface area contributed by atoms with Gasteiger partial charge < -0.3 is 10.0 Å². The molecule has 2 atom stereocenters. The van der Waals surface area contributed by atoms with Crippen LogP contribution in [-0.2, 0) is 0 Å². The molecule has 2 N–H and O–H groups in total. The summed E-state index contributed by atoms with van der Waals surface area (Å²) in [7, 11) is 0. The number of hydrogen-bond acceptors (Lipinski definition) is 4. The molecule has 6 nitrogen and oxygen atoms in total. The first-order valence-corrected chi connectivity index (χ1v) is 7.03. The molecule has 6 heteroatoms. The zero-order chi connectivity index (χ0) is 13.7. The van der Waals surface area contributed by atoms with Gasteiger partial charge in [-0.05, 0) is 43.9 Å². The van der Waals surface area contributed by atoms with Crippen LogP contribution in [0.4, 0.5) is 0 Å². The number of H-pyrrole nitrogens is 1. The lowest BCUT2D eigenvalue weighted by atomic mass is 9.98. The van der Waals surface area contributed by atoms with Gasteiger partial charge in [0, 0.05) is 17.6 Å². The average Bonchev–Trinajstić information content (AvgIpc) is 3.00. The second kappa shape index (κ2) is 4.28. The molecule has 2 saturated heterocycles. The van der Waals surface area contributed by atoms with Gasteiger partial charge in [0.2, 0.25) is 0 Å². The fraction of sp³-hybridized carbons (Fsp3) is 0.500. The molecule has 2 aliphatic rings. The first-order chi connectivity index (χ1) is 9.72. The van der Waals surface area contributed by atoms with Crippen LogP contribution in [0.15, 0.2) is 18.2 Å². The molecule has 3 heterocycles. The standard InChI is InChI=1S/C14H16N4O2/c19-11-6-9-2-3-10(7-11)18(9)14(20)8-1-4-12-13(5-8)16-17-15-12/h1,4-5,9-11,19H,2-3,6-7H2,(H,15,16,17). The highest BCUT2D eigenvalue weighted by Gasteiger charge is 2.42. The molecule has 2 aliphatic heterocycles. The van der Waals surface area contributed by atoms with E-state index in [4.69, 9.17) is 0 Å². The van der Waals surface area contributed by atoms with Crippen LogP contribution < -0.4 is 0 Å². The van der Waals surface area contributed by atoms with E-state index >= 15 is 0 Å². The van der Waals surface area contributed by atoms with E-state index in [1.54, 1.807) is 12.1 Å². The third-order valence-corrected chi connectivity index (χ3v) is 4.51. The zero-order valence-corrected chi connectivity index (χ0v) is 11.0. The third-order valence-electron chi connectivity index (χ3n) is 4.51. The van der Waals surface area contributed by atoms with Gasteiger partial charge in [-0.1, -0.05) is 0 Å². The number of hydrogen-bond donors (Lipinski definition) is 2. The number of aliphatic hydroxyl groups excluding tert-OH is 1. The van der Waals surface area contributed by atoms with Crippen LogP contribution in [0.25, 0.3) is 11.0 Å². The molecule has 0 aliphatic carbocycles. The summed E-state index contributed by atoms with van der Waals surface area (Å²) in [5.41, 5.74) is 2.12. The summed E-state index contributed by atoms with van der Waals surface area (Å²) in [5.74, 6) is 0.0503. The summed E-state index contributed by atoms with van der Waals surface area (Å²) in [6.45, 7) is 0. The Kier molecular flexibility index (Phi) is 2.53. The number of carbonyl (C=O) groups excluding carboxylic acids is 1. The van der Waals surface area contributed by atoms with Crippen molar-refractivity contribution in [2.75, 3.05) is 0 Å². The summed E-state index contributed by atoms with van der Waals surface area (Å²) in [5, 5.41) is 20.4. The van der Waals surface area contributed by atoms with Crippen LogP contribution in [0, 0.1) is 0 Å². The van der Waals surface area contributed by atoms with Crippen LogP contribution in [-0.4, -0.2) is 49.5 Å². The number of carbonyl (C=O) groups is 1. The van der Waals surface area contributed by atoms with E-state index < -0.39 is 0 Å². The molecule has 104 valence electrons. The van der Waals surface area contributed by atoms with E-state index in [1.807, 2.05) is 11.0 Å². The number of aromatic amines is 1. The van der Waals surface area contributed by atoms with Crippen LogP contribution in [0.3, 0.4) is 0 Å². The maximum Gasteiger partial charge on any atom is 0.254 e. The van der Waals surface area contributed by atoms with Crippen LogP contribution in [0.1, 0.15) is 36.0 Å². The fourth-order valence-electron chi connectivity index (χ4n) is 3.60. The van der Waals surface area contributed by atoms with Gasteiger partial charge in [-0.3, -0.25) is 4.79 Å². The molecule has 1 aromatic carbocycles. The Morgan fingerprint density at radius 1 is 1.20 bits per heavy atom. The first kappa shape index (κ1) is 11.8. The average molecular weight is 272 g/mol. The highest BCUT2D eigenvalue weighted by atomic mass is 16.3. The van der Waals surface area contributed by atoms with E-state index in [1.165, 1.54) is 0 Å². The van der Waals surface area contributed by atoms with E-state index in [2.05, 4.69) is 15.4 Å². The first-order valence-electron chi connectivity index (χ1n) is 7.03. The topological polar surface area (TPSA) is 82.1 Å². The molecule has 2 aromatic rings. The Hall–Kier alpha value is -1.95. The highest BCUT2D eigenvalue weighted by Crippen LogP contribution is 2.36. The predicted molar refractivity (Wildman–Crippen MR) is 72.1 cm³/mol. The number of aliphatic hydroxyl groups is 1. The van der Waals surface area contributed by atoms with Crippen molar-refractivity contribution < 1.29 is 9.90 Å². The van der Waals surface area contributed by atoms with Gasteiger partial charge in [0.15, 0.2) is 0 Å². The van der Waals surface area contributed by atoms with Crippen molar-refractivity contribution >= 4 is 16.9 Å². The van der Waals surface area contributed by atoms with Gasteiger partial charge in [0.25, 0.3) is 5.91 Å². The number of rotatable bonds is 1. The molecule has 2 bridgehead atoms. The van der Waals surface area contributed by atoms with Crippen molar-refractivity contribution in [2.24, 2.45) is 0 Å². The van der Waals surface area contributed by atoms with E-state index in [-0.39, 0.29) is 24.1 Å². The van der Waals surface area contributed by atoms with Gasteiger partial charge in [0.05, 0.1) is 6.10 Å². The van der Waals surface area contributed by atoms with Gasteiger partial charge in [0.1, 0.15) is 11.0 Å². The van der Waals surface area contributed by atoms with Gasteiger partial charge in [-0.15, -0.1) is 0 Å². The highest BCUT2D eigenvalue weighted by molar-refractivity contribution is 5.97. The summed E-state index contributed by atoms with van der Waals surface area (Å²) < 4.78 is 0. The van der Waals surface area contributed by atoms with Gasteiger partial charge in [-0.25, -0.2) is 0 Å². The molecule has 0 saturated carbocycles. The lowest BCUT2D eigenvalue weighted by Gasteiger charge is -2.37. The number of nitrogens with one attached hydrogen (secondary N) is 1. The minimum atomic E-state index is -0.255. The maximum absolute atomic E-state index is 12.7. The normalized spacial score (nSPS) is 29.1. The minimum absolute atomic E-state index is 0.0503. The molecular weight excluding hydrogens is 256 g/mol. The smallest absolute Gasteiger partial charge is 0.254 e. The molecule has 4 rings (SSSR count). The van der Waals surface area contributed by atoms with E-state index in [9.17, 15) is 9.90 Å². The maximum atomic E-state index is 12.7. The molecule has 20 heavy (non-hydrogen) atoms. The van der Waals surface area contributed by atoms with Crippen molar-refractivity contribution in [3.63, 3.8) is 0 Å². The second-order valence-corrected chi connectivity index (χ2v) is 5.75. The minimum Gasteiger partial charge on any atom is -0.393 e. The molecule has 1 amide bonds. The lowest BCUT2D eigenvalue weighted by Crippen LogP contribution is -2.48. The molecule has 0 radical (unpaired) electrons. The molecule has 1 aromatic heterocycles. The molecular formula is C14H16N4O2. The monoisotopic (exact) mass is 272 g/mol. The van der Waals surface area contributed by atoms with Gasteiger partial charge in [-0.2, -0.15) is 15.4 Å². The number of amides is 1. The van der Waals surface area contributed by atoms with Crippen LogP contribution >= 0.6 is 0 Å². The van der Waals surface area contributed by atoms with Crippen molar-refractivity contribution in [2.45, 2.75) is 43.9 Å². The van der Waals surface area contributed by atoms with Crippen LogP contribution in [0.5, 0.6) is 0 Å². The number of benzene rings is 1. The quantitative estimate of drug-likeness (QED) is 0.814. The van der Waals surface area contributed by atoms with Crippen molar-refractivity contribution in [3.8, 4) is 0 Å². The Labute approximate surface area is 115 Å². The summed E-state index contributed by atoms with van der Waals surface area (Å²) in [6, 6.07) is 5.77. The van der Waals surface area contributed by atoms with E-state index in [0.29, 0.717) is 23.9 Å². The fourth-order valence-corrected chi connectivity index (χ4v) is 3.60. The number of nitrogens with zero attached hydrogens (tertiary/aromatic N) is 3.